The van der Waals surface area contributed by atoms with E-state index in [1.54, 1.807) is 0 Å². The van der Waals surface area contributed by atoms with E-state index in [9.17, 15) is 0 Å². The molecule has 0 amide bonds. The van der Waals surface area contributed by atoms with Gasteiger partial charge in [-0.3, -0.25) is 0 Å². The number of nitrogens with one attached hydrogen (secondary N) is 1. The highest BCUT2D eigenvalue weighted by molar-refractivity contribution is 5.20. The highest BCUT2D eigenvalue weighted by atomic mass is 16.5. The molecule has 0 aliphatic heterocycles. The van der Waals surface area contributed by atoms with Crippen LogP contribution in [0.25, 0.3) is 0 Å². The number of aryl methyl sites for hydroxylation is 1. The Morgan fingerprint density at radius 2 is 1.76 bits per heavy atom. The van der Waals surface area contributed by atoms with E-state index in [4.69, 9.17) is 13.9 Å². The van der Waals surface area contributed by atoms with Gasteiger partial charge < -0.3 is 19.2 Å². The fourth-order valence-electron chi connectivity index (χ4n) is 1.76. The van der Waals surface area contributed by atoms with Gasteiger partial charge in [-0.15, -0.1) is 0 Å². The highest BCUT2D eigenvalue weighted by Gasteiger charge is 2.13. The molecule has 1 rings (SSSR count). The lowest BCUT2D eigenvalue weighted by atomic mass is 10.1. The second kappa shape index (κ2) is 7.43. The fraction of sp³-hybridized carbons (Fsp3) is 0.765. The maximum Gasteiger partial charge on any atom is 0.118 e. The van der Waals surface area contributed by atoms with Crippen molar-refractivity contribution in [2.24, 2.45) is 0 Å². The van der Waals surface area contributed by atoms with Gasteiger partial charge in [0.05, 0.1) is 32.0 Å². The van der Waals surface area contributed by atoms with Crippen LogP contribution in [0, 0.1) is 6.92 Å². The summed E-state index contributed by atoms with van der Waals surface area (Å²) in [7, 11) is 0. The molecule has 0 aliphatic rings. The Labute approximate surface area is 129 Å². The van der Waals surface area contributed by atoms with Gasteiger partial charge >= 0.3 is 0 Å². The lowest BCUT2D eigenvalue weighted by Gasteiger charge is -2.19. The SMILES string of the molecule is Cc1oc(CNC(C)(C)C)cc1COCCOC(C)(C)C. The largest absolute Gasteiger partial charge is 0.465 e. The average molecular weight is 297 g/mol. The first-order valence-corrected chi connectivity index (χ1v) is 7.62. The van der Waals surface area contributed by atoms with Gasteiger partial charge in [0.2, 0.25) is 0 Å². The molecule has 0 bridgehead atoms. The molecule has 0 spiro atoms. The smallest absolute Gasteiger partial charge is 0.118 e. The van der Waals surface area contributed by atoms with Crippen molar-refractivity contribution in [1.29, 1.82) is 0 Å². The van der Waals surface area contributed by atoms with Crippen LogP contribution in [0.5, 0.6) is 0 Å². The first-order valence-electron chi connectivity index (χ1n) is 7.62. The van der Waals surface area contributed by atoms with Crippen LogP contribution in [0.15, 0.2) is 10.5 Å². The summed E-state index contributed by atoms with van der Waals surface area (Å²) in [5.41, 5.74) is 1.08. The molecule has 0 fully saturated rings. The summed E-state index contributed by atoms with van der Waals surface area (Å²) in [5, 5.41) is 3.42. The minimum absolute atomic E-state index is 0.0850. The quantitative estimate of drug-likeness (QED) is 0.777. The van der Waals surface area contributed by atoms with Gasteiger partial charge in [0, 0.05) is 11.1 Å². The topological polar surface area (TPSA) is 43.6 Å². The fourth-order valence-corrected chi connectivity index (χ4v) is 1.76. The maximum atomic E-state index is 5.75. The molecule has 0 radical (unpaired) electrons. The summed E-state index contributed by atoms with van der Waals surface area (Å²) in [6, 6.07) is 2.07. The number of hydrogen-bond donors (Lipinski definition) is 1. The lowest BCUT2D eigenvalue weighted by Crippen LogP contribution is -2.34. The number of ether oxygens (including phenoxy) is 2. The Kier molecular flexibility index (Phi) is 6.44. The lowest BCUT2D eigenvalue weighted by molar-refractivity contribution is -0.0378. The molecule has 1 N–H and O–H groups in total. The minimum atomic E-state index is -0.110. The molecule has 1 aromatic heterocycles. The van der Waals surface area contributed by atoms with Crippen molar-refractivity contribution in [2.75, 3.05) is 13.2 Å². The molecular formula is C17H31NO3. The van der Waals surface area contributed by atoms with Gasteiger partial charge in [-0.1, -0.05) is 0 Å². The summed E-state index contributed by atoms with van der Waals surface area (Å²) < 4.78 is 17.0. The third-order valence-electron chi connectivity index (χ3n) is 2.88. The summed E-state index contributed by atoms with van der Waals surface area (Å²) >= 11 is 0. The second-order valence-corrected chi connectivity index (χ2v) is 7.41. The molecule has 1 heterocycles. The molecule has 0 aliphatic carbocycles. The van der Waals surface area contributed by atoms with Crippen molar-refractivity contribution >= 4 is 0 Å². The zero-order valence-corrected chi connectivity index (χ0v) is 14.6. The normalized spacial score (nSPS) is 12.9. The molecule has 122 valence electrons. The van der Waals surface area contributed by atoms with Gasteiger partial charge in [-0.2, -0.15) is 0 Å². The summed E-state index contributed by atoms with van der Waals surface area (Å²) in [5.74, 6) is 1.88. The van der Waals surface area contributed by atoms with Crippen molar-refractivity contribution in [3.8, 4) is 0 Å². The highest BCUT2D eigenvalue weighted by Crippen LogP contribution is 2.16. The molecule has 0 atom stereocenters. The van der Waals surface area contributed by atoms with E-state index in [-0.39, 0.29) is 11.1 Å². The van der Waals surface area contributed by atoms with E-state index in [0.717, 1.165) is 23.6 Å². The van der Waals surface area contributed by atoms with E-state index >= 15 is 0 Å². The zero-order valence-electron chi connectivity index (χ0n) is 14.6. The Balaban J connectivity index is 2.34. The van der Waals surface area contributed by atoms with E-state index in [1.807, 2.05) is 27.7 Å². The van der Waals surface area contributed by atoms with Crippen LogP contribution in [0.3, 0.4) is 0 Å². The van der Waals surface area contributed by atoms with E-state index in [0.29, 0.717) is 19.8 Å². The van der Waals surface area contributed by atoms with Crippen molar-refractivity contribution in [3.63, 3.8) is 0 Å². The van der Waals surface area contributed by atoms with E-state index in [1.165, 1.54) is 0 Å². The van der Waals surface area contributed by atoms with Crippen LogP contribution in [0.4, 0.5) is 0 Å². The molecule has 1 aromatic rings. The first kappa shape index (κ1) is 18.2. The van der Waals surface area contributed by atoms with Crippen LogP contribution < -0.4 is 5.32 Å². The van der Waals surface area contributed by atoms with Gasteiger partial charge in [0.25, 0.3) is 0 Å². The van der Waals surface area contributed by atoms with Crippen LogP contribution in [0.2, 0.25) is 0 Å². The summed E-state index contributed by atoms with van der Waals surface area (Å²) in [6.07, 6.45) is 0. The Hall–Kier alpha value is -0.840. The molecule has 0 saturated carbocycles. The zero-order chi connectivity index (χ0) is 16.1. The van der Waals surface area contributed by atoms with E-state index < -0.39 is 0 Å². The Bertz CT molecular complexity index is 424. The van der Waals surface area contributed by atoms with Gasteiger partial charge in [-0.05, 0) is 54.5 Å². The van der Waals surface area contributed by atoms with Gasteiger partial charge in [0.15, 0.2) is 0 Å². The molecule has 21 heavy (non-hydrogen) atoms. The van der Waals surface area contributed by atoms with Crippen molar-refractivity contribution in [3.05, 3.63) is 23.2 Å². The molecule has 4 heteroatoms. The third kappa shape index (κ3) is 8.24. The van der Waals surface area contributed by atoms with Gasteiger partial charge in [0.1, 0.15) is 11.5 Å². The van der Waals surface area contributed by atoms with Crippen molar-refractivity contribution in [2.45, 2.75) is 72.8 Å². The predicted octanol–water partition coefficient (Wildman–Crippen LogP) is 3.81. The second-order valence-electron chi connectivity index (χ2n) is 7.41. The maximum absolute atomic E-state index is 5.75. The monoisotopic (exact) mass is 297 g/mol. The number of hydrogen-bond acceptors (Lipinski definition) is 4. The van der Waals surface area contributed by atoms with Crippen LogP contribution >= 0.6 is 0 Å². The van der Waals surface area contributed by atoms with Crippen LogP contribution in [-0.4, -0.2) is 24.4 Å². The molecule has 0 saturated heterocycles. The molecular weight excluding hydrogens is 266 g/mol. The Morgan fingerprint density at radius 3 is 2.33 bits per heavy atom. The number of rotatable bonds is 7. The molecule has 0 aromatic carbocycles. The first-order chi connectivity index (χ1) is 9.57. The van der Waals surface area contributed by atoms with Crippen LogP contribution in [-0.2, 0) is 22.6 Å². The van der Waals surface area contributed by atoms with E-state index in [2.05, 4.69) is 32.2 Å². The Morgan fingerprint density at radius 1 is 1.10 bits per heavy atom. The van der Waals surface area contributed by atoms with Gasteiger partial charge in [-0.25, -0.2) is 0 Å². The van der Waals surface area contributed by atoms with Crippen molar-refractivity contribution in [1.82, 2.24) is 5.32 Å². The number of furan rings is 1. The molecule has 0 unspecified atom stereocenters. The standard InChI is InChI=1S/C17H31NO3/c1-13-14(12-19-8-9-20-17(5,6)7)10-15(21-13)11-18-16(2,3)4/h10,18H,8-9,11-12H2,1-7H3. The summed E-state index contributed by atoms with van der Waals surface area (Å²) in [6.45, 7) is 17.0. The third-order valence-corrected chi connectivity index (χ3v) is 2.88. The average Bonchev–Trinajstić information content (AvgIpc) is 2.65. The minimum Gasteiger partial charge on any atom is -0.465 e. The molecule has 4 nitrogen and oxygen atoms in total. The summed E-state index contributed by atoms with van der Waals surface area (Å²) in [4.78, 5) is 0. The van der Waals surface area contributed by atoms with Crippen LogP contribution in [0.1, 0.15) is 58.6 Å². The van der Waals surface area contributed by atoms with Crippen molar-refractivity contribution < 1.29 is 13.9 Å². The predicted molar refractivity (Wildman–Crippen MR) is 85.4 cm³/mol.